The van der Waals surface area contributed by atoms with E-state index in [0.717, 1.165) is 11.6 Å². The van der Waals surface area contributed by atoms with Gasteiger partial charge in [-0.2, -0.15) is 0 Å². The van der Waals surface area contributed by atoms with Gasteiger partial charge in [0.25, 0.3) is 5.91 Å². The van der Waals surface area contributed by atoms with Crippen LogP contribution in [0.25, 0.3) is 0 Å². The van der Waals surface area contributed by atoms with Gasteiger partial charge in [-0.25, -0.2) is 13.8 Å². The highest BCUT2D eigenvalue weighted by Gasteiger charge is 2.31. The van der Waals surface area contributed by atoms with E-state index >= 15 is 0 Å². The molecule has 0 spiro atoms. The van der Waals surface area contributed by atoms with Crippen molar-refractivity contribution in [1.82, 2.24) is 14.8 Å². The Morgan fingerprint density at radius 2 is 1.95 bits per heavy atom. The Balaban J connectivity index is 1.31. The fraction of sp³-hybridized carbons (Fsp3) is 0.393. The third-order valence-electron chi connectivity index (χ3n) is 6.71. The molecule has 2 aliphatic heterocycles. The molecule has 9 nitrogen and oxygen atoms in total. The van der Waals surface area contributed by atoms with Gasteiger partial charge in [-0.3, -0.25) is 14.5 Å². The molecule has 1 amide bonds. The minimum absolute atomic E-state index is 0.130. The first-order chi connectivity index (χ1) is 18.9. The molecule has 11 heteroatoms. The van der Waals surface area contributed by atoms with Crippen molar-refractivity contribution in [3.63, 3.8) is 0 Å². The van der Waals surface area contributed by atoms with Crippen molar-refractivity contribution in [2.24, 2.45) is 5.92 Å². The van der Waals surface area contributed by atoms with Crippen LogP contribution >= 0.6 is 0 Å². The molecule has 0 N–H and O–H groups in total. The van der Waals surface area contributed by atoms with Crippen molar-refractivity contribution in [1.29, 1.82) is 0 Å². The molecule has 2 aromatic carbocycles. The second-order valence-electron chi connectivity index (χ2n) is 9.54. The first-order valence-electron chi connectivity index (χ1n) is 12.8. The molecule has 0 unspecified atom stereocenters. The van der Waals surface area contributed by atoms with Crippen LogP contribution < -0.4 is 9.47 Å². The minimum atomic E-state index is -0.657. The van der Waals surface area contributed by atoms with Crippen molar-refractivity contribution < 1.29 is 37.0 Å². The maximum atomic E-state index is 14.5. The molecule has 0 radical (unpaired) electrons. The fourth-order valence-corrected chi connectivity index (χ4v) is 4.81. The van der Waals surface area contributed by atoms with Crippen LogP contribution in [0, 0.1) is 17.6 Å². The van der Waals surface area contributed by atoms with Crippen molar-refractivity contribution in [3.05, 3.63) is 77.0 Å². The van der Waals surface area contributed by atoms with Gasteiger partial charge in [-0.05, 0) is 43.5 Å². The zero-order valence-corrected chi connectivity index (χ0v) is 21.5. The lowest BCUT2D eigenvalue weighted by Crippen LogP contribution is -2.43. The number of fused-ring (bicyclic) bond motifs is 1. The molecule has 0 saturated carbocycles. The summed E-state index contributed by atoms with van der Waals surface area (Å²) in [5.74, 6) is -0.778. The molecule has 1 fully saturated rings. The number of aromatic nitrogens is 1. The number of ether oxygens (including phenoxy) is 3. The van der Waals surface area contributed by atoms with Crippen LogP contribution in [0.4, 0.5) is 8.78 Å². The lowest BCUT2D eigenvalue weighted by atomic mass is 9.98. The molecule has 39 heavy (non-hydrogen) atoms. The number of benzene rings is 2. The lowest BCUT2D eigenvalue weighted by molar-refractivity contribution is -0.149. The lowest BCUT2D eigenvalue weighted by Gasteiger charge is -2.30. The topological polar surface area (TPSA) is 94.3 Å². The Kier molecular flexibility index (Phi) is 8.06. The number of halogens is 2. The van der Waals surface area contributed by atoms with Crippen LogP contribution in [0.2, 0.25) is 0 Å². The molecule has 3 heterocycles. The highest BCUT2D eigenvalue weighted by atomic mass is 19.1. The van der Waals surface area contributed by atoms with Crippen LogP contribution in [0.15, 0.2) is 47.1 Å². The largest absolute Gasteiger partial charge is 0.466 e. The van der Waals surface area contributed by atoms with E-state index in [9.17, 15) is 18.4 Å². The summed E-state index contributed by atoms with van der Waals surface area (Å²) in [5.41, 5.74) is 1.31. The molecule has 1 atom stereocenters. The molecule has 2 aliphatic rings. The first-order valence-corrected chi connectivity index (χ1v) is 12.8. The standard InChI is InChI=1S/C28H29F2N3O6/c1-2-36-28(35)20-4-3-9-33(14-20)27(34)23-16-37-26(31-23)15-32(13-19-6-7-21(29)11-22(19)30)12-18-5-8-24-25(10-18)39-17-38-24/h5-8,10-11,16,20H,2-4,9,12-15,17H2,1H3/t20-/m1/s1. The SMILES string of the molecule is CCOC(=O)[C@@H]1CCCN(C(=O)c2coc(CN(Cc3ccc4c(c3)OCO4)Cc3ccc(F)cc3F)n2)C1. The van der Waals surface area contributed by atoms with Gasteiger partial charge in [0.15, 0.2) is 17.2 Å². The van der Waals surface area contributed by atoms with Crippen LogP contribution in [0.5, 0.6) is 11.5 Å². The van der Waals surface area contributed by atoms with Gasteiger partial charge < -0.3 is 23.5 Å². The number of carbonyl (C=O) groups excluding carboxylic acids is 2. The van der Waals surface area contributed by atoms with Gasteiger partial charge in [0.2, 0.25) is 12.7 Å². The van der Waals surface area contributed by atoms with Gasteiger partial charge in [-0.1, -0.05) is 12.1 Å². The Bertz CT molecular complexity index is 1350. The summed E-state index contributed by atoms with van der Waals surface area (Å²) >= 11 is 0. The number of rotatable bonds is 9. The van der Waals surface area contributed by atoms with Crippen LogP contribution in [-0.4, -0.2) is 53.1 Å². The highest BCUT2D eigenvalue weighted by molar-refractivity contribution is 5.92. The summed E-state index contributed by atoms with van der Waals surface area (Å²) in [6.45, 7) is 3.63. The van der Waals surface area contributed by atoms with Gasteiger partial charge in [0, 0.05) is 37.8 Å². The normalized spacial score (nSPS) is 16.5. The third-order valence-corrected chi connectivity index (χ3v) is 6.71. The average molecular weight is 542 g/mol. The fourth-order valence-electron chi connectivity index (χ4n) is 4.81. The average Bonchev–Trinajstić information content (AvgIpc) is 3.59. The molecule has 1 aromatic heterocycles. The predicted molar refractivity (Wildman–Crippen MR) is 134 cm³/mol. The van der Waals surface area contributed by atoms with E-state index < -0.39 is 11.6 Å². The Labute approximate surface area is 224 Å². The zero-order valence-electron chi connectivity index (χ0n) is 21.5. The number of likely N-dealkylation sites (tertiary alicyclic amines) is 1. The molecule has 0 aliphatic carbocycles. The highest BCUT2D eigenvalue weighted by Crippen LogP contribution is 2.33. The van der Waals surface area contributed by atoms with Crippen molar-refractivity contribution in [2.75, 3.05) is 26.5 Å². The summed E-state index contributed by atoms with van der Waals surface area (Å²) in [5, 5.41) is 0. The number of esters is 1. The van der Waals surface area contributed by atoms with Gasteiger partial charge in [-0.15, -0.1) is 0 Å². The number of carbonyl (C=O) groups is 2. The van der Waals surface area contributed by atoms with Crippen LogP contribution in [0.1, 0.15) is 47.3 Å². The third kappa shape index (κ3) is 6.36. The van der Waals surface area contributed by atoms with E-state index in [1.165, 1.54) is 18.4 Å². The number of oxazole rings is 1. The zero-order chi connectivity index (χ0) is 27.4. The van der Waals surface area contributed by atoms with Crippen LogP contribution in [0.3, 0.4) is 0 Å². The number of nitrogens with zero attached hydrogens (tertiary/aromatic N) is 3. The Hall–Kier alpha value is -3.99. The molecule has 3 aromatic rings. The molecule has 1 saturated heterocycles. The number of hydrogen-bond donors (Lipinski definition) is 0. The molecule has 206 valence electrons. The van der Waals surface area contributed by atoms with E-state index in [2.05, 4.69) is 4.98 Å². The van der Waals surface area contributed by atoms with Gasteiger partial charge in [0.1, 0.15) is 17.9 Å². The summed E-state index contributed by atoms with van der Waals surface area (Å²) in [7, 11) is 0. The van der Waals surface area contributed by atoms with Crippen molar-refractivity contribution in [3.8, 4) is 11.5 Å². The van der Waals surface area contributed by atoms with Gasteiger partial charge >= 0.3 is 5.97 Å². The van der Waals surface area contributed by atoms with Crippen molar-refractivity contribution in [2.45, 2.75) is 39.4 Å². The summed E-state index contributed by atoms with van der Waals surface area (Å²) in [4.78, 5) is 33.1. The number of amides is 1. The van der Waals surface area contributed by atoms with E-state index in [0.29, 0.717) is 49.6 Å². The molecule has 5 rings (SSSR count). The maximum Gasteiger partial charge on any atom is 0.310 e. The number of piperidine rings is 1. The first kappa shape index (κ1) is 26.6. The number of hydrogen-bond acceptors (Lipinski definition) is 8. The van der Waals surface area contributed by atoms with E-state index in [-0.39, 0.29) is 55.8 Å². The summed E-state index contributed by atoms with van der Waals surface area (Å²) in [6.07, 6.45) is 2.65. The van der Waals surface area contributed by atoms with E-state index in [1.807, 2.05) is 17.0 Å². The monoisotopic (exact) mass is 541 g/mol. The minimum Gasteiger partial charge on any atom is -0.466 e. The van der Waals surface area contributed by atoms with Crippen LogP contribution in [-0.2, 0) is 29.2 Å². The predicted octanol–water partition coefficient (Wildman–Crippen LogP) is 4.30. The van der Waals surface area contributed by atoms with E-state index in [4.69, 9.17) is 18.6 Å². The second kappa shape index (κ2) is 11.8. The molecule has 0 bridgehead atoms. The second-order valence-corrected chi connectivity index (χ2v) is 9.54. The summed E-state index contributed by atoms with van der Waals surface area (Å²) in [6, 6.07) is 8.98. The maximum absolute atomic E-state index is 14.5. The van der Waals surface area contributed by atoms with Gasteiger partial charge in [0.05, 0.1) is 19.1 Å². The summed E-state index contributed by atoms with van der Waals surface area (Å²) < 4.78 is 49.6. The molecular formula is C28H29F2N3O6. The van der Waals surface area contributed by atoms with Crippen molar-refractivity contribution >= 4 is 11.9 Å². The van der Waals surface area contributed by atoms with E-state index in [1.54, 1.807) is 17.9 Å². The molecular weight excluding hydrogens is 512 g/mol. The Morgan fingerprint density at radius 1 is 1.10 bits per heavy atom. The Morgan fingerprint density at radius 3 is 2.77 bits per heavy atom. The quantitative estimate of drug-likeness (QED) is 0.370. The smallest absolute Gasteiger partial charge is 0.310 e.